The Hall–Kier alpha value is -2.65. The average molecular weight is 548 g/mol. The molecule has 38 heavy (non-hydrogen) atoms. The summed E-state index contributed by atoms with van der Waals surface area (Å²) < 4.78 is 38.2. The zero-order valence-electron chi connectivity index (χ0n) is 21.6. The highest BCUT2D eigenvalue weighted by Gasteiger charge is 2.28. The van der Waals surface area contributed by atoms with Crippen LogP contribution in [-0.4, -0.2) is 54.4 Å². The number of pyridine rings is 1. The van der Waals surface area contributed by atoms with Gasteiger partial charge in [-0.15, -0.1) is 11.8 Å². The Morgan fingerprint density at radius 1 is 1.34 bits per heavy atom. The summed E-state index contributed by atoms with van der Waals surface area (Å²) in [5, 5.41) is 4.94. The standard InChI is InChI=1S/C27H35F2N5O3S/c1-16(38-25(34-30)6-5-17-3-4-17)33-27(35)22-14-31-19(11-18-7-9-37-10-8-18)12-20(22)21-13-23(26(28)29)32-15-24(21)36-2/h12-18,23,25-26,32,34H,3-4,7-11,30H2,1-2H3,(H,33,35). The monoisotopic (exact) mass is 547 g/mol. The number of nitrogens with two attached hydrogens (primary N) is 1. The summed E-state index contributed by atoms with van der Waals surface area (Å²) in [6, 6.07) is 0.614. The first-order chi connectivity index (χ1) is 18.4. The van der Waals surface area contributed by atoms with E-state index in [9.17, 15) is 13.6 Å². The number of hydrazine groups is 1. The summed E-state index contributed by atoms with van der Waals surface area (Å²) in [5.41, 5.74) is 4.66. The number of thioether (sulfide) groups is 1. The predicted molar refractivity (Wildman–Crippen MR) is 144 cm³/mol. The molecular weight excluding hydrogens is 512 g/mol. The molecule has 1 saturated carbocycles. The van der Waals surface area contributed by atoms with Crippen LogP contribution in [0.2, 0.25) is 0 Å². The summed E-state index contributed by atoms with van der Waals surface area (Å²) in [5.74, 6) is 12.8. The third-order valence-corrected chi connectivity index (χ3v) is 7.72. The number of aromatic nitrogens is 1. The van der Waals surface area contributed by atoms with E-state index in [1.165, 1.54) is 37.3 Å². The van der Waals surface area contributed by atoms with Gasteiger partial charge >= 0.3 is 0 Å². The highest BCUT2D eigenvalue weighted by Crippen LogP contribution is 2.32. The second-order valence-corrected chi connectivity index (χ2v) is 11.1. The third kappa shape index (κ3) is 7.69. The number of allylic oxidation sites excluding steroid dienone is 1. The molecule has 0 radical (unpaired) electrons. The Balaban J connectivity index is 1.59. The predicted octanol–water partition coefficient (Wildman–Crippen LogP) is 3.17. The Morgan fingerprint density at radius 2 is 2.11 bits per heavy atom. The van der Waals surface area contributed by atoms with E-state index in [-0.39, 0.29) is 22.2 Å². The van der Waals surface area contributed by atoms with Crippen molar-refractivity contribution in [3.63, 3.8) is 0 Å². The van der Waals surface area contributed by atoms with Crippen molar-refractivity contribution in [3.05, 3.63) is 47.1 Å². The molecule has 0 bridgehead atoms. The van der Waals surface area contributed by atoms with E-state index in [1.807, 2.05) is 13.0 Å². The first kappa shape index (κ1) is 28.4. The summed E-state index contributed by atoms with van der Waals surface area (Å²) >= 11 is 1.38. The quantitative estimate of drug-likeness (QED) is 0.153. The number of methoxy groups -OCH3 is 1. The van der Waals surface area contributed by atoms with Crippen LogP contribution in [0, 0.1) is 23.7 Å². The fourth-order valence-electron chi connectivity index (χ4n) is 4.39. The van der Waals surface area contributed by atoms with Crippen molar-refractivity contribution in [1.29, 1.82) is 0 Å². The number of carbonyl (C=O) groups excluding carboxylic acids is 1. The highest BCUT2D eigenvalue weighted by molar-refractivity contribution is 8.00. The Kier molecular flexibility index (Phi) is 10.0. The van der Waals surface area contributed by atoms with Crippen molar-refractivity contribution in [3.8, 4) is 11.8 Å². The largest absolute Gasteiger partial charge is 0.495 e. The maximum Gasteiger partial charge on any atom is 0.261 e. The zero-order chi connectivity index (χ0) is 27.1. The van der Waals surface area contributed by atoms with Crippen molar-refractivity contribution in [2.75, 3.05) is 20.3 Å². The lowest BCUT2D eigenvalue weighted by atomic mass is 9.91. The number of carbonyl (C=O) groups is 1. The van der Waals surface area contributed by atoms with Gasteiger partial charge in [0.2, 0.25) is 0 Å². The number of ether oxygens (including phenoxy) is 2. The molecule has 4 rings (SSSR count). The zero-order valence-corrected chi connectivity index (χ0v) is 22.5. The second kappa shape index (κ2) is 13.4. The Bertz CT molecular complexity index is 1110. The molecule has 8 nitrogen and oxygen atoms in total. The van der Waals surface area contributed by atoms with Crippen molar-refractivity contribution < 1.29 is 23.0 Å². The van der Waals surface area contributed by atoms with Crippen molar-refractivity contribution in [2.45, 2.75) is 62.2 Å². The van der Waals surface area contributed by atoms with Gasteiger partial charge in [0.15, 0.2) is 0 Å². The van der Waals surface area contributed by atoms with Crippen LogP contribution in [0.1, 0.15) is 54.2 Å². The molecule has 0 spiro atoms. The molecule has 0 aromatic carbocycles. The molecule has 2 aliphatic heterocycles. The molecule has 2 fully saturated rings. The van der Waals surface area contributed by atoms with E-state index < -0.39 is 12.5 Å². The number of nitrogens with one attached hydrogen (secondary N) is 3. The molecular formula is C27H35F2N5O3S. The number of rotatable bonds is 10. The van der Waals surface area contributed by atoms with Gasteiger partial charge in [-0.3, -0.25) is 15.6 Å². The van der Waals surface area contributed by atoms with Crippen LogP contribution in [0.15, 0.2) is 30.3 Å². The Labute approximate surface area is 226 Å². The van der Waals surface area contributed by atoms with Crippen LogP contribution in [0.3, 0.4) is 0 Å². The molecule has 1 aromatic heterocycles. The van der Waals surface area contributed by atoms with Crippen molar-refractivity contribution in [1.82, 2.24) is 21.0 Å². The number of nitrogens with zero attached hydrogens (tertiary/aromatic N) is 1. The maximum absolute atomic E-state index is 13.6. The summed E-state index contributed by atoms with van der Waals surface area (Å²) in [6.45, 7) is 3.26. The van der Waals surface area contributed by atoms with E-state index in [2.05, 4.69) is 32.9 Å². The van der Waals surface area contributed by atoms with Crippen LogP contribution in [-0.2, 0) is 15.9 Å². The number of alkyl halides is 2. The van der Waals surface area contributed by atoms with Crippen LogP contribution in [0.4, 0.5) is 8.78 Å². The van der Waals surface area contributed by atoms with E-state index in [0.717, 1.165) is 31.4 Å². The van der Waals surface area contributed by atoms with Gasteiger partial charge in [-0.25, -0.2) is 14.2 Å². The number of hydrogen-bond donors (Lipinski definition) is 4. The lowest BCUT2D eigenvalue weighted by Gasteiger charge is -2.25. The number of amides is 1. The second-order valence-electron chi connectivity index (χ2n) is 9.66. The van der Waals surface area contributed by atoms with E-state index in [0.29, 0.717) is 48.4 Å². The number of hydrogen-bond acceptors (Lipinski definition) is 8. The molecule has 1 amide bonds. The van der Waals surface area contributed by atoms with E-state index in [1.54, 1.807) is 0 Å². The first-order valence-corrected chi connectivity index (χ1v) is 13.8. The van der Waals surface area contributed by atoms with Gasteiger partial charge < -0.3 is 20.1 Å². The van der Waals surface area contributed by atoms with Crippen molar-refractivity contribution in [2.24, 2.45) is 17.7 Å². The molecule has 5 N–H and O–H groups in total. The number of halogens is 2. The maximum atomic E-state index is 13.6. The SMILES string of the molecule is COC1=CNC(C(F)F)C=C1c1cc(CC2CCOCC2)ncc1C(=O)NC(C)SC(C#CC1CC1)NN. The van der Waals surface area contributed by atoms with Crippen LogP contribution >= 0.6 is 11.8 Å². The molecule has 1 aromatic rings. The van der Waals surface area contributed by atoms with E-state index in [4.69, 9.17) is 15.3 Å². The minimum Gasteiger partial charge on any atom is -0.495 e. The minimum absolute atomic E-state index is 0.276. The van der Waals surface area contributed by atoms with Gasteiger partial charge in [0.25, 0.3) is 12.3 Å². The molecule has 206 valence electrons. The smallest absolute Gasteiger partial charge is 0.261 e. The highest BCUT2D eigenvalue weighted by atomic mass is 32.2. The summed E-state index contributed by atoms with van der Waals surface area (Å²) in [4.78, 5) is 18.0. The summed E-state index contributed by atoms with van der Waals surface area (Å²) in [6.07, 6.45) is 6.51. The lowest BCUT2D eigenvalue weighted by Crippen LogP contribution is -2.38. The van der Waals surface area contributed by atoms with Crippen LogP contribution in [0.25, 0.3) is 5.57 Å². The summed E-state index contributed by atoms with van der Waals surface area (Å²) in [7, 11) is 1.47. The van der Waals surface area contributed by atoms with Crippen molar-refractivity contribution >= 4 is 23.2 Å². The topological polar surface area (TPSA) is 111 Å². The van der Waals surface area contributed by atoms with Crippen LogP contribution < -0.4 is 21.9 Å². The van der Waals surface area contributed by atoms with Gasteiger partial charge in [-0.2, -0.15) is 0 Å². The first-order valence-electron chi connectivity index (χ1n) is 12.9. The van der Waals surface area contributed by atoms with Gasteiger partial charge in [-0.05, 0) is 57.1 Å². The van der Waals surface area contributed by atoms with Gasteiger partial charge in [0.05, 0.1) is 18.0 Å². The molecule has 1 saturated heterocycles. The molecule has 3 aliphatic rings. The average Bonchev–Trinajstić information content (AvgIpc) is 3.75. The molecule has 3 atom stereocenters. The van der Waals surface area contributed by atoms with Gasteiger partial charge in [0, 0.05) is 48.4 Å². The fraction of sp³-hybridized carbons (Fsp3) is 0.556. The van der Waals surface area contributed by atoms with E-state index >= 15 is 0 Å². The molecule has 11 heteroatoms. The fourth-order valence-corrected chi connectivity index (χ4v) is 5.19. The molecule has 1 aliphatic carbocycles. The van der Waals surface area contributed by atoms with Gasteiger partial charge in [0.1, 0.15) is 17.2 Å². The number of dihydropyridines is 1. The lowest BCUT2D eigenvalue weighted by molar-refractivity contribution is 0.0663. The third-order valence-electron chi connectivity index (χ3n) is 6.67. The Morgan fingerprint density at radius 3 is 2.76 bits per heavy atom. The molecule has 3 unspecified atom stereocenters. The molecule has 3 heterocycles. The normalized spacial score (nSPS) is 21.4. The van der Waals surface area contributed by atoms with Crippen LogP contribution in [0.5, 0.6) is 0 Å². The van der Waals surface area contributed by atoms with Gasteiger partial charge in [-0.1, -0.05) is 11.8 Å². The minimum atomic E-state index is -2.63.